The third-order valence-electron chi connectivity index (χ3n) is 33.1. The number of fused-ring (bicyclic) bond motifs is 16. The van der Waals surface area contributed by atoms with Crippen LogP contribution in [0.25, 0.3) is 0 Å². The van der Waals surface area contributed by atoms with E-state index in [0.717, 1.165) is 22.3 Å². The van der Waals surface area contributed by atoms with E-state index < -0.39 is 169 Å². The summed E-state index contributed by atoms with van der Waals surface area (Å²) in [6.45, 7) is -2.55. The maximum absolute atomic E-state index is 14.6. The lowest BCUT2D eigenvalue weighted by Gasteiger charge is -2.39. The summed E-state index contributed by atoms with van der Waals surface area (Å²) < 4.78 is 0. The van der Waals surface area contributed by atoms with Crippen molar-refractivity contribution in [2.75, 3.05) is 82.8 Å². The summed E-state index contributed by atoms with van der Waals surface area (Å²) in [5, 5.41) is 65.2. The minimum Gasteiger partial charge on any atom is -0.394 e. The Morgan fingerprint density at radius 3 is 0.493 bits per heavy atom. The van der Waals surface area contributed by atoms with Gasteiger partial charge in [0.2, 0.25) is 94.5 Å². The van der Waals surface area contributed by atoms with Gasteiger partial charge in [-0.15, -0.1) is 0 Å². The van der Waals surface area contributed by atoms with E-state index in [1.165, 1.54) is 19.6 Å². The van der Waals surface area contributed by atoms with Crippen molar-refractivity contribution < 1.29 is 97.1 Å². The fourth-order valence-electron chi connectivity index (χ4n) is 23.9. The number of nitrogens with one attached hydrogen (secondary N) is 8. The van der Waals surface area contributed by atoms with E-state index in [4.69, 9.17) is 0 Å². The van der Waals surface area contributed by atoms with Crippen molar-refractivity contribution >= 4 is 94.5 Å². The highest BCUT2D eigenvalue weighted by Crippen LogP contribution is 2.39. The van der Waals surface area contributed by atoms with Crippen molar-refractivity contribution in [3.8, 4) is 0 Å². The molecule has 4 aromatic carbocycles. The molecule has 36 heteroatoms. The van der Waals surface area contributed by atoms with Gasteiger partial charge < -0.3 is 102 Å². The van der Waals surface area contributed by atoms with Gasteiger partial charge in [0.15, 0.2) is 0 Å². The fraction of sp³-hybridized carbons (Fsp3) is 0.630. The molecule has 4 aromatic rings. The Balaban J connectivity index is 0.000000242. The molecule has 16 amide bonds. The third kappa shape index (κ3) is 27.7. The molecule has 10 fully saturated rings. The molecule has 8 aliphatic carbocycles. The standard InChI is InChI=1S/C56H80N8O10.C52H72N8O10/c1-61-41-23-13-21-39(31-41)51(69)59-47(33-65)55(73)64(4)44-26-12-20-38(30-44)50(68)58-46(28-36-17-9-6-10-18-36)54(72)62(2)42-24-14-22-40(32-42)52(70)60-48(34-66)56(74)63(3)43-25-11-19-37(29-43)49(67)57-45(53(61)71)27-35-15-7-5-8-16-35;1-57-37-19-17-35(27-37)47(65)55-43(29-61)51(69)60(4)40-22-16-34(26-40)46(64)54-42(24-32-13-9-6-10-14-32)50(68)58(2)38-20-18-36(28-38)48(66)56-44(30-62)52(70)59(3)39-21-15-33(25-39)45(63)53-41(49(57)67)23-31-11-7-5-8-12-31/h5-10,15-18,37-48,65-66H,11-14,19-34H2,1-4H3,(H,57,67)(H,58,68)(H,59,69)(H,60,70);5-14,33-44,61-62H,15-30H2,1-4H3,(H,53,63)(H,54,64)(H,55,65)(H,56,66)/t37-,38-,39-,40-,41+,42+,43+,44+,45-,46-,47-,48-;33-,34-,35-,36-,37+,38+,39+,40+,41-,42-,43-,44-/m11/s1. The predicted octanol–water partition coefficient (Wildman–Crippen LogP) is 3.40. The number of nitrogens with zero attached hydrogens (tertiary/aromatic N) is 8. The lowest BCUT2D eigenvalue weighted by molar-refractivity contribution is -0.143. The molecule has 784 valence electrons. The lowest BCUT2D eigenvalue weighted by Crippen LogP contribution is -2.57. The number of hydrogen-bond acceptors (Lipinski definition) is 20. The Labute approximate surface area is 844 Å². The van der Waals surface area contributed by atoms with Crippen LogP contribution in [-0.2, 0) is 102 Å². The smallest absolute Gasteiger partial charge is 0.247 e. The number of carbonyl (C=O) groups excluding carboxylic acids is 16. The molecule has 144 heavy (non-hydrogen) atoms. The Bertz CT molecular complexity index is 4810. The zero-order valence-electron chi connectivity index (χ0n) is 84.8. The highest BCUT2D eigenvalue weighted by molar-refractivity contribution is 5.96. The van der Waals surface area contributed by atoms with Gasteiger partial charge in [-0.05, 0) is 176 Å². The average molecular weight is 1990 g/mol. The first-order valence-electron chi connectivity index (χ1n) is 52.3. The molecule has 2 saturated heterocycles. The van der Waals surface area contributed by atoms with Crippen molar-refractivity contribution in [3.05, 3.63) is 144 Å². The first-order chi connectivity index (χ1) is 69.1. The number of benzene rings is 4. The molecular weight excluding hydrogens is 1840 g/mol. The van der Waals surface area contributed by atoms with Gasteiger partial charge in [-0.2, -0.15) is 0 Å². The summed E-state index contributed by atoms with van der Waals surface area (Å²) in [4.78, 5) is 238. The van der Waals surface area contributed by atoms with Crippen molar-refractivity contribution in [2.45, 2.75) is 302 Å². The average Bonchev–Trinajstić information content (AvgIpc) is 1.10. The van der Waals surface area contributed by atoms with Crippen LogP contribution >= 0.6 is 0 Å². The largest absolute Gasteiger partial charge is 0.394 e. The Morgan fingerprint density at radius 1 is 0.194 bits per heavy atom. The lowest BCUT2D eigenvalue weighted by atomic mass is 9.83. The van der Waals surface area contributed by atoms with Crippen LogP contribution in [0.3, 0.4) is 0 Å². The zero-order chi connectivity index (χ0) is 103. The van der Waals surface area contributed by atoms with Gasteiger partial charge >= 0.3 is 0 Å². The molecule has 8 saturated carbocycles. The second-order valence-corrected chi connectivity index (χ2v) is 42.3. The van der Waals surface area contributed by atoms with Crippen LogP contribution in [0, 0.1) is 47.3 Å². The third-order valence-corrected chi connectivity index (χ3v) is 33.1. The number of carbonyl (C=O) groups is 16. The second kappa shape index (κ2) is 51.3. The van der Waals surface area contributed by atoms with E-state index in [-0.39, 0.29) is 121 Å². The molecule has 36 nitrogen and oxygen atoms in total. The van der Waals surface area contributed by atoms with Crippen molar-refractivity contribution in [1.82, 2.24) is 81.7 Å². The normalized spacial score (nSPS) is 32.3. The van der Waals surface area contributed by atoms with E-state index in [9.17, 15) is 97.1 Å². The quantitative estimate of drug-likeness (QED) is 0.0967. The minimum absolute atomic E-state index is 0.224. The first kappa shape index (κ1) is 109. The van der Waals surface area contributed by atoms with Crippen molar-refractivity contribution in [3.63, 3.8) is 0 Å². The van der Waals surface area contributed by atoms with Crippen LogP contribution in [0.4, 0.5) is 0 Å². The molecule has 10 aliphatic rings. The molecule has 12 N–H and O–H groups in total. The van der Waals surface area contributed by atoms with E-state index in [2.05, 4.69) is 42.5 Å². The van der Waals surface area contributed by atoms with Crippen LogP contribution in [0.2, 0.25) is 0 Å². The zero-order valence-corrected chi connectivity index (χ0v) is 84.8. The van der Waals surface area contributed by atoms with E-state index in [1.807, 2.05) is 121 Å². The van der Waals surface area contributed by atoms with E-state index in [1.54, 1.807) is 76.0 Å². The van der Waals surface area contributed by atoms with Gasteiger partial charge in [-0.3, -0.25) is 76.7 Å². The van der Waals surface area contributed by atoms with Crippen LogP contribution in [-0.4, -0.2) is 334 Å². The van der Waals surface area contributed by atoms with Crippen LogP contribution in [0.15, 0.2) is 121 Å². The SMILES string of the molecule is CN1C(=O)[C@@H](CO)NC(=O)[C@@H]2CCC[C@@H](C2)N(C)C(=O)[C@@H](Cc2ccccc2)NC(=O)[C@@H]2CCC[C@@H](C2)N(C)C(=O)[C@@H](CO)NC(=O)[C@@H]2CCC[C@@H](C2)N(C)C(=O)[C@@H](Cc2ccccc2)NC(=O)[C@@H]2CCC[C@H]1C2.CN1C(=O)[C@@H](CO)NC(=O)[C@@H]2CC[C@@H](C2)N(C)C(=O)[C@@H](Cc2ccccc2)NC(=O)[C@@H]2CC[C@@H](C2)N(C)C(=O)[C@@H](CO)NC(=O)[C@@H]2CC[C@@H](C2)N(C)C(=O)[C@@H](Cc2ccccc2)NC(=O)[C@@H]2CC[C@H]1C2. The molecule has 16 bridgehead atoms. The molecule has 14 rings (SSSR count). The topological polar surface area (TPSA) is 476 Å². The maximum Gasteiger partial charge on any atom is 0.247 e. The maximum atomic E-state index is 14.6. The summed E-state index contributed by atoms with van der Waals surface area (Å²) in [7, 11) is 13.2. The van der Waals surface area contributed by atoms with E-state index in [0.29, 0.717) is 180 Å². The Hall–Kier alpha value is -11.8. The highest BCUT2D eigenvalue weighted by Gasteiger charge is 2.48. The van der Waals surface area contributed by atoms with Crippen molar-refractivity contribution in [1.29, 1.82) is 0 Å². The number of likely N-dealkylation sites (N-methyl/N-ethyl adjacent to an activating group) is 8. The fourth-order valence-corrected chi connectivity index (χ4v) is 23.9. The Kier molecular flexibility index (Phi) is 39.0. The summed E-state index contributed by atoms with van der Waals surface area (Å²) in [6.07, 6.45) is 14.3. The first-order valence-corrected chi connectivity index (χ1v) is 52.3. The van der Waals surface area contributed by atoms with Gasteiger partial charge in [0.05, 0.1) is 26.4 Å². The van der Waals surface area contributed by atoms with Crippen LogP contribution < -0.4 is 42.5 Å². The Morgan fingerprint density at radius 2 is 0.333 bits per heavy atom. The summed E-state index contributed by atoms with van der Waals surface area (Å²) in [5.41, 5.74) is 3.38. The number of rotatable bonds is 12. The van der Waals surface area contributed by atoms with Gasteiger partial charge in [0.1, 0.15) is 48.3 Å². The van der Waals surface area contributed by atoms with Gasteiger partial charge in [0, 0.05) is 178 Å². The molecule has 0 unspecified atom stereocenters. The minimum atomic E-state index is -1.23. The highest BCUT2D eigenvalue weighted by atomic mass is 16.3. The predicted molar refractivity (Wildman–Crippen MR) is 534 cm³/mol. The van der Waals surface area contributed by atoms with E-state index >= 15 is 0 Å². The number of amides is 16. The molecule has 0 aromatic heterocycles. The number of aliphatic hydroxyl groups is 4. The van der Waals surface area contributed by atoms with Gasteiger partial charge in [0.25, 0.3) is 0 Å². The summed E-state index contributed by atoms with van der Waals surface area (Å²) >= 11 is 0. The van der Waals surface area contributed by atoms with Crippen molar-refractivity contribution in [2.24, 2.45) is 47.3 Å². The van der Waals surface area contributed by atoms with Crippen LogP contribution in [0.1, 0.15) is 202 Å². The molecule has 24 atom stereocenters. The number of hydrogen-bond donors (Lipinski definition) is 12. The molecule has 2 aliphatic heterocycles. The summed E-state index contributed by atoms with van der Waals surface area (Å²) in [5.74, 6) is -10.4. The second-order valence-electron chi connectivity index (χ2n) is 42.3. The van der Waals surface area contributed by atoms with Crippen LogP contribution in [0.5, 0.6) is 0 Å². The number of aliphatic hydroxyl groups excluding tert-OH is 4. The summed E-state index contributed by atoms with van der Waals surface area (Å²) in [6, 6.07) is 26.0. The molecular formula is C108H152N16O20. The monoisotopic (exact) mass is 1990 g/mol. The molecule has 0 spiro atoms. The molecule has 2 heterocycles. The van der Waals surface area contributed by atoms with Gasteiger partial charge in [-0.1, -0.05) is 147 Å². The molecule has 0 radical (unpaired) electrons. The van der Waals surface area contributed by atoms with Gasteiger partial charge in [-0.25, -0.2) is 0 Å².